The minimum Gasteiger partial charge on any atom is -0.494 e. The van der Waals surface area contributed by atoms with Crippen molar-refractivity contribution in [3.8, 4) is 5.75 Å². The molecule has 0 spiro atoms. The van der Waals surface area contributed by atoms with Crippen LogP contribution in [0.1, 0.15) is 56.9 Å². The van der Waals surface area contributed by atoms with Crippen molar-refractivity contribution in [1.82, 2.24) is 15.1 Å². The van der Waals surface area contributed by atoms with E-state index >= 15 is 0 Å². The summed E-state index contributed by atoms with van der Waals surface area (Å²) in [5, 5.41) is 11.9. The molecule has 9 nitrogen and oxygen atoms in total. The molecule has 2 N–H and O–H groups in total. The maximum Gasteiger partial charge on any atom is 0.323 e. The van der Waals surface area contributed by atoms with Crippen LogP contribution in [0.25, 0.3) is 0 Å². The van der Waals surface area contributed by atoms with E-state index in [1.54, 1.807) is 4.90 Å². The number of nitrogens with one attached hydrogen (secondary N) is 1. The fraction of sp³-hybridized carbons (Fsp3) is 0.565. The molecule has 2 aliphatic heterocycles. The van der Waals surface area contributed by atoms with Crippen molar-refractivity contribution in [1.29, 1.82) is 0 Å². The molecule has 4 rings (SSSR count). The van der Waals surface area contributed by atoms with Gasteiger partial charge in [0.15, 0.2) is 0 Å². The van der Waals surface area contributed by atoms with Gasteiger partial charge in [-0.25, -0.2) is 4.99 Å². The van der Waals surface area contributed by atoms with Crippen LogP contribution in [-0.4, -0.2) is 64.4 Å². The summed E-state index contributed by atoms with van der Waals surface area (Å²) in [5.74, 6) is 0.287. The molecular weight excluding hydrogens is 412 g/mol. The van der Waals surface area contributed by atoms with Crippen molar-refractivity contribution in [2.24, 2.45) is 4.99 Å². The molecule has 2 fully saturated rings. The molecule has 1 saturated heterocycles. The van der Waals surface area contributed by atoms with Crippen LogP contribution in [0.3, 0.4) is 0 Å². The maximum atomic E-state index is 12.5. The predicted octanol–water partition coefficient (Wildman–Crippen LogP) is 2.41. The van der Waals surface area contributed by atoms with E-state index < -0.39 is 5.97 Å². The smallest absolute Gasteiger partial charge is 0.323 e. The van der Waals surface area contributed by atoms with Crippen molar-refractivity contribution >= 4 is 29.4 Å². The second-order valence-corrected chi connectivity index (χ2v) is 8.64. The Labute approximate surface area is 187 Å². The number of carboxylic acids is 1. The van der Waals surface area contributed by atoms with Gasteiger partial charge in [-0.3, -0.25) is 19.7 Å². The molecule has 3 aliphatic rings. The third-order valence-electron chi connectivity index (χ3n) is 6.22. The normalized spacial score (nSPS) is 17.4. The lowest BCUT2D eigenvalue weighted by Crippen LogP contribution is -2.42. The van der Waals surface area contributed by atoms with Gasteiger partial charge in [0.25, 0.3) is 0 Å². The minimum atomic E-state index is -0.947. The third kappa shape index (κ3) is 5.38. The fourth-order valence-corrected chi connectivity index (χ4v) is 4.58. The SMILES string of the molecule is O=C(O)CN(C(=O)CCCCCOc1ccc2c(c1)N=C1NC(=O)CN1C2)C1CCCC1. The second kappa shape index (κ2) is 10.0. The van der Waals surface area contributed by atoms with Gasteiger partial charge in [-0.05, 0) is 43.7 Å². The minimum absolute atomic E-state index is 0.0409. The summed E-state index contributed by atoms with van der Waals surface area (Å²) in [6, 6.07) is 5.87. The number of fused-ring (bicyclic) bond motifs is 2. The first-order valence-electron chi connectivity index (χ1n) is 11.4. The van der Waals surface area contributed by atoms with Crippen LogP contribution in [0.4, 0.5) is 5.69 Å². The highest BCUT2D eigenvalue weighted by Crippen LogP contribution is 2.31. The number of aliphatic imine (C=N–C) groups is 1. The third-order valence-corrected chi connectivity index (χ3v) is 6.22. The number of benzene rings is 1. The molecular formula is C23H30N4O5. The molecule has 172 valence electrons. The number of amides is 2. The topological polar surface area (TPSA) is 112 Å². The van der Waals surface area contributed by atoms with Crippen LogP contribution in [0.15, 0.2) is 23.2 Å². The molecule has 1 aromatic carbocycles. The zero-order chi connectivity index (χ0) is 22.5. The molecule has 1 saturated carbocycles. The summed E-state index contributed by atoms with van der Waals surface area (Å²) in [7, 11) is 0. The summed E-state index contributed by atoms with van der Waals surface area (Å²) in [6.45, 7) is 1.33. The molecule has 0 bridgehead atoms. The average Bonchev–Trinajstić information content (AvgIpc) is 3.41. The van der Waals surface area contributed by atoms with E-state index in [2.05, 4.69) is 10.3 Å². The van der Waals surface area contributed by atoms with Gasteiger partial charge < -0.3 is 19.6 Å². The molecule has 32 heavy (non-hydrogen) atoms. The number of unbranched alkanes of at least 4 members (excludes halogenated alkanes) is 2. The van der Waals surface area contributed by atoms with Gasteiger partial charge in [0.05, 0.1) is 12.3 Å². The summed E-state index contributed by atoms with van der Waals surface area (Å²) in [5.41, 5.74) is 1.87. The number of carbonyl (C=O) groups excluding carboxylic acids is 2. The van der Waals surface area contributed by atoms with Crippen molar-refractivity contribution in [2.45, 2.75) is 64.0 Å². The average molecular weight is 443 g/mol. The molecule has 0 atom stereocenters. The van der Waals surface area contributed by atoms with Crippen LogP contribution >= 0.6 is 0 Å². The number of guanidine groups is 1. The fourth-order valence-electron chi connectivity index (χ4n) is 4.58. The Hall–Kier alpha value is -3.10. The van der Waals surface area contributed by atoms with Gasteiger partial charge in [0.1, 0.15) is 18.8 Å². The second-order valence-electron chi connectivity index (χ2n) is 8.64. The highest BCUT2D eigenvalue weighted by molar-refractivity contribution is 6.05. The Kier molecular flexibility index (Phi) is 6.92. The van der Waals surface area contributed by atoms with Gasteiger partial charge >= 0.3 is 5.97 Å². The molecule has 0 radical (unpaired) electrons. The zero-order valence-electron chi connectivity index (χ0n) is 18.2. The summed E-state index contributed by atoms with van der Waals surface area (Å²) in [4.78, 5) is 43.2. The quantitative estimate of drug-likeness (QED) is 0.538. The van der Waals surface area contributed by atoms with E-state index in [4.69, 9.17) is 9.84 Å². The molecule has 1 aromatic rings. The van der Waals surface area contributed by atoms with Gasteiger partial charge in [-0.15, -0.1) is 0 Å². The summed E-state index contributed by atoms with van der Waals surface area (Å²) >= 11 is 0. The summed E-state index contributed by atoms with van der Waals surface area (Å²) in [6.07, 6.45) is 6.69. The Morgan fingerprint density at radius 3 is 2.78 bits per heavy atom. The first-order chi connectivity index (χ1) is 15.5. The lowest BCUT2D eigenvalue weighted by Gasteiger charge is -2.27. The standard InChI is InChI=1S/C23H30N4O5/c28-20-14-26-13-16-9-10-18(12-19(16)24-23(26)25-20)32-11-5-1-2-8-21(29)27(15-22(30)31)17-6-3-4-7-17/h9-10,12,17H,1-8,11,13-15H2,(H,30,31)(H,24,25,28). The van der Waals surface area contributed by atoms with Gasteiger partial charge in [0, 0.05) is 25.1 Å². The van der Waals surface area contributed by atoms with Crippen molar-refractivity contribution in [3.63, 3.8) is 0 Å². The Balaban J connectivity index is 1.18. The van der Waals surface area contributed by atoms with Crippen molar-refractivity contribution < 1.29 is 24.2 Å². The monoisotopic (exact) mass is 442 g/mol. The van der Waals surface area contributed by atoms with E-state index in [1.807, 2.05) is 23.1 Å². The number of nitrogens with zero attached hydrogens (tertiary/aromatic N) is 3. The van der Waals surface area contributed by atoms with Crippen LogP contribution in [0.5, 0.6) is 5.75 Å². The van der Waals surface area contributed by atoms with E-state index in [9.17, 15) is 14.4 Å². The van der Waals surface area contributed by atoms with Crippen LogP contribution in [0.2, 0.25) is 0 Å². The Morgan fingerprint density at radius 1 is 1.19 bits per heavy atom. The number of aliphatic carboxylic acids is 1. The number of ether oxygens (including phenoxy) is 1. The highest BCUT2D eigenvalue weighted by Gasteiger charge is 2.29. The number of hydrogen-bond acceptors (Lipinski definition) is 6. The number of rotatable bonds is 10. The van der Waals surface area contributed by atoms with Gasteiger partial charge in [-0.1, -0.05) is 18.9 Å². The first-order valence-corrected chi connectivity index (χ1v) is 11.4. The molecule has 0 unspecified atom stereocenters. The van der Waals surface area contributed by atoms with Crippen LogP contribution in [0, 0.1) is 0 Å². The molecule has 1 aliphatic carbocycles. The van der Waals surface area contributed by atoms with Crippen molar-refractivity contribution in [2.75, 3.05) is 19.7 Å². The largest absolute Gasteiger partial charge is 0.494 e. The zero-order valence-corrected chi connectivity index (χ0v) is 18.2. The number of carboxylic acid groups (broad SMARTS) is 1. The first kappa shape index (κ1) is 22.1. The Morgan fingerprint density at radius 2 is 2.00 bits per heavy atom. The molecule has 2 heterocycles. The van der Waals surface area contributed by atoms with Gasteiger partial charge in [0.2, 0.25) is 17.8 Å². The maximum absolute atomic E-state index is 12.5. The van der Waals surface area contributed by atoms with E-state index in [-0.39, 0.29) is 24.4 Å². The lowest BCUT2D eigenvalue weighted by atomic mass is 10.1. The molecule has 2 amide bonds. The number of carbonyl (C=O) groups is 3. The predicted molar refractivity (Wildman–Crippen MR) is 118 cm³/mol. The summed E-state index contributed by atoms with van der Waals surface area (Å²) < 4.78 is 5.85. The number of hydrogen-bond donors (Lipinski definition) is 2. The van der Waals surface area contributed by atoms with Crippen molar-refractivity contribution in [3.05, 3.63) is 23.8 Å². The van der Waals surface area contributed by atoms with Gasteiger partial charge in [-0.2, -0.15) is 0 Å². The lowest BCUT2D eigenvalue weighted by molar-refractivity contribution is -0.146. The van der Waals surface area contributed by atoms with Crippen LogP contribution < -0.4 is 10.1 Å². The van der Waals surface area contributed by atoms with E-state index in [0.717, 1.165) is 61.9 Å². The van der Waals surface area contributed by atoms with E-state index in [0.29, 0.717) is 32.1 Å². The molecule has 0 aromatic heterocycles. The highest BCUT2D eigenvalue weighted by atomic mass is 16.5. The molecule has 9 heteroatoms. The van der Waals surface area contributed by atoms with E-state index in [1.165, 1.54) is 0 Å². The Bertz CT molecular complexity index is 910. The van der Waals surface area contributed by atoms with Crippen LogP contribution in [-0.2, 0) is 20.9 Å².